The fourth-order valence-electron chi connectivity index (χ4n) is 2.40. The average Bonchev–Trinajstić information content (AvgIpc) is 2.76. The molecule has 4 nitrogen and oxygen atoms in total. The maximum Gasteiger partial charge on any atom is 0.185 e. The van der Waals surface area contributed by atoms with E-state index in [0.29, 0.717) is 6.04 Å². The Labute approximate surface area is 126 Å². The molecule has 1 aromatic rings. The topological polar surface area (TPSA) is 37.4 Å². The molecule has 0 saturated heterocycles. The number of thiazole rings is 1. The predicted octanol–water partition coefficient (Wildman–Crippen LogP) is 2.82. The summed E-state index contributed by atoms with van der Waals surface area (Å²) in [4.78, 5) is 8.65. The molecular weight excluding hydrogens is 270 g/mol. The summed E-state index contributed by atoms with van der Waals surface area (Å²) in [6.45, 7) is 4.79. The molecule has 1 saturated carbocycles. The van der Waals surface area contributed by atoms with Crippen molar-refractivity contribution >= 4 is 16.5 Å². The van der Waals surface area contributed by atoms with Gasteiger partial charge in [-0.1, -0.05) is 13.3 Å². The Bertz CT molecular complexity index is 404. The largest absolute Gasteiger partial charge is 0.383 e. The van der Waals surface area contributed by atoms with Crippen LogP contribution in [0.25, 0.3) is 0 Å². The Kier molecular flexibility index (Phi) is 6.26. The summed E-state index contributed by atoms with van der Waals surface area (Å²) in [7, 11) is 3.93. The summed E-state index contributed by atoms with van der Waals surface area (Å²) in [5, 5.41) is 4.63. The normalized spacial score (nSPS) is 15.3. The number of hydrogen-bond donors (Lipinski definition) is 1. The smallest absolute Gasteiger partial charge is 0.185 e. The van der Waals surface area contributed by atoms with E-state index in [1.165, 1.54) is 35.0 Å². The summed E-state index contributed by atoms with van der Waals surface area (Å²) >= 11 is 1.85. The van der Waals surface area contributed by atoms with Crippen molar-refractivity contribution < 1.29 is 4.74 Å². The second kappa shape index (κ2) is 7.96. The minimum Gasteiger partial charge on any atom is -0.383 e. The quantitative estimate of drug-likeness (QED) is 0.711. The average molecular weight is 297 g/mol. The van der Waals surface area contributed by atoms with Crippen LogP contribution in [0.1, 0.15) is 43.2 Å². The Hall–Kier alpha value is -0.650. The standard InChI is InChI=1S/C15H27N3OS/c1-4-6-13-14(11-16-9-10-19-3)20-15(17-13)18(2)12-7-5-8-12/h12,16H,4-11H2,1-3H3. The molecule has 0 unspecified atom stereocenters. The second-order valence-corrected chi connectivity index (χ2v) is 6.54. The van der Waals surface area contributed by atoms with Gasteiger partial charge in [-0.15, -0.1) is 11.3 Å². The van der Waals surface area contributed by atoms with Crippen LogP contribution in [0.15, 0.2) is 0 Å². The van der Waals surface area contributed by atoms with Crippen molar-refractivity contribution in [3.63, 3.8) is 0 Å². The third kappa shape index (κ3) is 3.93. The lowest BCUT2D eigenvalue weighted by Gasteiger charge is -2.34. The SMILES string of the molecule is CCCc1nc(N(C)C2CCC2)sc1CNCCOC. The number of nitrogens with zero attached hydrogens (tertiary/aromatic N) is 2. The molecule has 1 fully saturated rings. The first kappa shape index (κ1) is 15.7. The maximum atomic E-state index is 5.07. The molecule has 1 N–H and O–H groups in total. The maximum absolute atomic E-state index is 5.07. The molecule has 2 rings (SSSR count). The lowest BCUT2D eigenvalue weighted by Crippen LogP contribution is -2.37. The first-order valence-electron chi connectivity index (χ1n) is 7.67. The highest BCUT2D eigenvalue weighted by atomic mass is 32.1. The van der Waals surface area contributed by atoms with Crippen LogP contribution < -0.4 is 10.2 Å². The molecule has 20 heavy (non-hydrogen) atoms. The number of anilines is 1. The Morgan fingerprint density at radius 1 is 1.45 bits per heavy atom. The summed E-state index contributed by atoms with van der Waals surface area (Å²) in [5.74, 6) is 0. The number of rotatable bonds is 9. The molecule has 1 heterocycles. The molecule has 0 atom stereocenters. The Morgan fingerprint density at radius 3 is 2.85 bits per heavy atom. The van der Waals surface area contributed by atoms with Gasteiger partial charge in [0.25, 0.3) is 0 Å². The zero-order chi connectivity index (χ0) is 14.4. The number of aromatic nitrogens is 1. The van der Waals surface area contributed by atoms with E-state index in [4.69, 9.17) is 9.72 Å². The molecule has 1 aliphatic rings. The third-order valence-corrected chi connectivity index (χ3v) is 5.13. The van der Waals surface area contributed by atoms with Crippen LogP contribution in [0.3, 0.4) is 0 Å². The molecule has 0 spiro atoms. The van der Waals surface area contributed by atoms with Crippen LogP contribution in [0.2, 0.25) is 0 Å². The fraction of sp³-hybridized carbons (Fsp3) is 0.800. The highest BCUT2D eigenvalue weighted by Gasteiger charge is 2.25. The van der Waals surface area contributed by atoms with Gasteiger partial charge in [-0.05, 0) is 25.7 Å². The highest BCUT2D eigenvalue weighted by Crippen LogP contribution is 2.33. The van der Waals surface area contributed by atoms with Crippen molar-refractivity contribution in [2.45, 2.75) is 51.6 Å². The van der Waals surface area contributed by atoms with Crippen LogP contribution in [-0.2, 0) is 17.7 Å². The van der Waals surface area contributed by atoms with Gasteiger partial charge in [-0.3, -0.25) is 0 Å². The van der Waals surface area contributed by atoms with Gasteiger partial charge in [0.1, 0.15) is 0 Å². The first-order valence-corrected chi connectivity index (χ1v) is 8.49. The molecule has 0 aliphatic heterocycles. The van der Waals surface area contributed by atoms with E-state index >= 15 is 0 Å². The zero-order valence-corrected chi connectivity index (χ0v) is 13.8. The summed E-state index contributed by atoms with van der Waals surface area (Å²) in [6, 6.07) is 0.713. The van der Waals surface area contributed by atoms with E-state index in [2.05, 4.69) is 24.2 Å². The number of nitrogens with one attached hydrogen (secondary N) is 1. The van der Waals surface area contributed by atoms with Crippen LogP contribution in [0.5, 0.6) is 0 Å². The number of hydrogen-bond acceptors (Lipinski definition) is 5. The van der Waals surface area contributed by atoms with E-state index in [0.717, 1.165) is 32.5 Å². The highest BCUT2D eigenvalue weighted by molar-refractivity contribution is 7.15. The second-order valence-electron chi connectivity index (χ2n) is 5.48. The zero-order valence-electron chi connectivity index (χ0n) is 12.9. The van der Waals surface area contributed by atoms with Gasteiger partial charge in [0.2, 0.25) is 0 Å². The molecule has 5 heteroatoms. The van der Waals surface area contributed by atoms with Crippen molar-refractivity contribution in [2.24, 2.45) is 0 Å². The molecule has 0 radical (unpaired) electrons. The van der Waals surface area contributed by atoms with Crippen LogP contribution in [0.4, 0.5) is 5.13 Å². The number of aryl methyl sites for hydroxylation is 1. The molecule has 0 amide bonds. The van der Waals surface area contributed by atoms with Gasteiger partial charge in [0.05, 0.1) is 12.3 Å². The van der Waals surface area contributed by atoms with Gasteiger partial charge < -0.3 is 15.0 Å². The minimum atomic E-state index is 0.713. The van der Waals surface area contributed by atoms with Gasteiger partial charge in [-0.2, -0.15) is 0 Å². The monoisotopic (exact) mass is 297 g/mol. The summed E-state index contributed by atoms with van der Waals surface area (Å²) in [6.07, 6.45) is 6.24. The minimum absolute atomic E-state index is 0.713. The van der Waals surface area contributed by atoms with E-state index in [1.807, 2.05) is 11.3 Å². The summed E-state index contributed by atoms with van der Waals surface area (Å²) in [5.41, 5.74) is 1.28. The van der Waals surface area contributed by atoms with Crippen LogP contribution >= 0.6 is 11.3 Å². The predicted molar refractivity (Wildman–Crippen MR) is 85.7 cm³/mol. The van der Waals surface area contributed by atoms with Crippen LogP contribution in [0, 0.1) is 0 Å². The molecule has 0 aromatic carbocycles. The summed E-state index contributed by atoms with van der Waals surface area (Å²) < 4.78 is 5.07. The molecule has 1 aliphatic carbocycles. The lowest BCUT2D eigenvalue weighted by molar-refractivity contribution is 0.199. The van der Waals surface area contributed by atoms with Gasteiger partial charge in [-0.25, -0.2) is 4.98 Å². The van der Waals surface area contributed by atoms with Gasteiger partial charge in [0.15, 0.2) is 5.13 Å². The van der Waals surface area contributed by atoms with E-state index < -0.39 is 0 Å². The fourth-order valence-corrected chi connectivity index (χ4v) is 3.51. The lowest BCUT2D eigenvalue weighted by atomic mass is 9.92. The van der Waals surface area contributed by atoms with Crippen molar-refractivity contribution in [3.8, 4) is 0 Å². The van der Waals surface area contributed by atoms with Gasteiger partial charge >= 0.3 is 0 Å². The Balaban J connectivity index is 1.98. The van der Waals surface area contributed by atoms with E-state index in [9.17, 15) is 0 Å². The van der Waals surface area contributed by atoms with E-state index in [1.54, 1.807) is 7.11 Å². The van der Waals surface area contributed by atoms with Crippen molar-refractivity contribution in [3.05, 3.63) is 10.6 Å². The third-order valence-electron chi connectivity index (χ3n) is 3.95. The van der Waals surface area contributed by atoms with Crippen molar-refractivity contribution in [1.82, 2.24) is 10.3 Å². The van der Waals surface area contributed by atoms with Gasteiger partial charge in [0, 0.05) is 38.2 Å². The van der Waals surface area contributed by atoms with Crippen LogP contribution in [-0.4, -0.2) is 38.3 Å². The number of ether oxygens (including phenoxy) is 1. The molecule has 114 valence electrons. The molecule has 0 bridgehead atoms. The molecule has 1 aromatic heterocycles. The van der Waals surface area contributed by atoms with Crippen molar-refractivity contribution in [1.29, 1.82) is 0 Å². The molecular formula is C15H27N3OS. The van der Waals surface area contributed by atoms with E-state index in [-0.39, 0.29) is 0 Å². The van der Waals surface area contributed by atoms with Crippen molar-refractivity contribution in [2.75, 3.05) is 32.2 Å². The first-order chi connectivity index (χ1) is 9.76. The Morgan fingerprint density at radius 2 is 2.25 bits per heavy atom. The number of methoxy groups -OCH3 is 1.